The van der Waals surface area contributed by atoms with Crippen molar-refractivity contribution < 1.29 is 44.7 Å². The van der Waals surface area contributed by atoms with Gasteiger partial charge < -0.3 is 30.4 Å². The molecule has 0 radical (unpaired) electrons. The Morgan fingerprint density at radius 1 is 0.871 bits per heavy atom. The van der Waals surface area contributed by atoms with Crippen molar-refractivity contribution >= 4 is 69.7 Å². The molecular weight excluding hydrogens is 501 g/mol. The van der Waals surface area contributed by atoms with E-state index in [4.69, 9.17) is 60.3 Å². The van der Waals surface area contributed by atoms with E-state index in [1.54, 1.807) is 4.90 Å². The van der Waals surface area contributed by atoms with Crippen LogP contribution in [0.4, 0.5) is 4.79 Å². The van der Waals surface area contributed by atoms with Crippen LogP contribution >= 0.6 is 46.6 Å². The molecule has 0 rings (SSSR count). The van der Waals surface area contributed by atoms with E-state index in [1.807, 2.05) is 27.7 Å². The van der Waals surface area contributed by atoms with Gasteiger partial charge in [-0.15, -0.1) is 0 Å². The molecule has 14 heteroatoms. The molecule has 0 aliphatic heterocycles. The van der Waals surface area contributed by atoms with Crippen LogP contribution in [-0.2, 0) is 14.4 Å². The lowest BCUT2D eigenvalue weighted by Crippen LogP contribution is -2.43. The van der Waals surface area contributed by atoms with Crippen molar-refractivity contribution in [3.63, 3.8) is 0 Å². The maximum absolute atomic E-state index is 11.9. The van der Waals surface area contributed by atoms with Gasteiger partial charge in [0.1, 0.15) is 10.6 Å². The highest BCUT2D eigenvalue weighted by Gasteiger charge is 2.37. The maximum Gasteiger partial charge on any atom is 0.335 e. The van der Waals surface area contributed by atoms with Crippen molar-refractivity contribution in [1.82, 2.24) is 4.90 Å². The molecular formula is C17H26Cl3NO9S. The first kappa shape index (κ1) is 31.9. The van der Waals surface area contributed by atoms with Gasteiger partial charge in [-0.25, -0.2) is 4.79 Å². The van der Waals surface area contributed by atoms with Crippen molar-refractivity contribution in [2.24, 2.45) is 5.92 Å². The highest BCUT2D eigenvalue weighted by atomic mass is 35.5. The fourth-order valence-electron chi connectivity index (χ4n) is 2.18. The molecule has 0 aliphatic rings. The van der Waals surface area contributed by atoms with Crippen LogP contribution in [0.1, 0.15) is 34.1 Å². The first-order chi connectivity index (χ1) is 14.0. The zero-order chi connectivity index (χ0) is 25.0. The van der Waals surface area contributed by atoms with Crippen LogP contribution in [-0.4, -0.2) is 83.6 Å². The number of carboxylic acid groups (broad SMARTS) is 3. The topological polar surface area (TPSA) is 173 Å². The summed E-state index contributed by atoms with van der Waals surface area (Å²) in [5.74, 6) is -6.59. The summed E-state index contributed by atoms with van der Waals surface area (Å²) in [5.41, 5.74) is 0. The Labute approximate surface area is 198 Å². The molecule has 0 saturated carbocycles. The van der Waals surface area contributed by atoms with Gasteiger partial charge in [0.2, 0.25) is 0 Å². The molecule has 0 saturated heterocycles. The third kappa shape index (κ3) is 13.0. The van der Waals surface area contributed by atoms with Gasteiger partial charge in [0.05, 0.1) is 17.4 Å². The van der Waals surface area contributed by atoms with E-state index in [1.165, 1.54) is 0 Å². The number of hydrogen-bond acceptors (Lipinski definition) is 7. The quantitative estimate of drug-likeness (QED) is 0.285. The van der Waals surface area contributed by atoms with E-state index < -0.39 is 42.5 Å². The van der Waals surface area contributed by atoms with Gasteiger partial charge >= 0.3 is 17.9 Å². The standard InChI is InChI=1S/C10H16Cl3NOS.C7H10O8/c1-6(2)14(7(3)4)10(15)16-5-8(11)9(12)13;8-3(9)1-2(6(12)13)4(10)5(11)7(14)15/h6-7H,5H2,1-4H3;2,4-5,10-11H,1H2,(H,8,9)(H,12,13)(H,14,15). The largest absolute Gasteiger partial charge is 0.481 e. The molecule has 31 heavy (non-hydrogen) atoms. The van der Waals surface area contributed by atoms with Crippen molar-refractivity contribution in [2.45, 2.75) is 58.4 Å². The van der Waals surface area contributed by atoms with Crippen molar-refractivity contribution in [2.75, 3.05) is 5.75 Å². The molecule has 0 aliphatic carbocycles. The normalized spacial score (nSPS) is 13.5. The first-order valence-electron chi connectivity index (χ1n) is 8.72. The predicted molar refractivity (Wildman–Crippen MR) is 118 cm³/mol. The van der Waals surface area contributed by atoms with Crippen LogP contribution < -0.4 is 0 Å². The molecule has 0 fully saturated rings. The van der Waals surface area contributed by atoms with Crippen LogP contribution in [0.3, 0.4) is 0 Å². The predicted octanol–water partition coefficient (Wildman–Crippen LogP) is 2.81. The van der Waals surface area contributed by atoms with Gasteiger partial charge in [0.25, 0.3) is 5.24 Å². The molecule has 3 unspecified atom stereocenters. The molecule has 0 aromatic heterocycles. The molecule has 0 aromatic carbocycles. The zero-order valence-electron chi connectivity index (χ0n) is 17.2. The highest BCUT2D eigenvalue weighted by molar-refractivity contribution is 8.13. The number of aliphatic hydroxyl groups is 2. The van der Waals surface area contributed by atoms with E-state index in [-0.39, 0.29) is 21.8 Å². The third-order valence-corrected chi connectivity index (χ3v) is 5.57. The van der Waals surface area contributed by atoms with Gasteiger partial charge in [0, 0.05) is 17.8 Å². The number of aliphatic carboxylic acids is 3. The maximum atomic E-state index is 11.9. The van der Waals surface area contributed by atoms with Crippen LogP contribution in [0.25, 0.3) is 0 Å². The van der Waals surface area contributed by atoms with Gasteiger partial charge in [-0.05, 0) is 27.7 Å². The Hall–Kier alpha value is -1.24. The third-order valence-electron chi connectivity index (χ3n) is 3.55. The van der Waals surface area contributed by atoms with Crippen molar-refractivity contribution in [1.29, 1.82) is 0 Å². The van der Waals surface area contributed by atoms with E-state index >= 15 is 0 Å². The van der Waals surface area contributed by atoms with E-state index in [9.17, 15) is 19.2 Å². The summed E-state index contributed by atoms with van der Waals surface area (Å²) in [4.78, 5) is 44.6. The number of carboxylic acids is 3. The Kier molecular flexibility index (Phi) is 16.0. The van der Waals surface area contributed by atoms with Gasteiger partial charge in [-0.3, -0.25) is 14.4 Å². The molecule has 10 nitrogen and oxygen atoms in total. The van der Waals surface area contributed by atoms with Crippen molar-refractivity contribution in [3.8, 4) is 0 Å². The highest BCUT2D eigenvalue weighted by Crippen LogP contribution is 2.24. The average molecular weight is 527 g/mol. The number of carbonyl (C=O) groups excluding carboxylic acids is 1. The monoisotopic (exact) mass is 525 g/mol. The molecule has 3 atom stereocenters. The van der Waals surface area contributed by atoms with E-state index in [2.05, 4.69) is 0 Å². The Balaban J connectivity index is 0. The fourth-order valence-corrected chi connectivity index (χ4v) is 3.60. The van der Waals surface area contributed by atoms with Gasteiger partial charge in [-0.2, -0.15) is 0 Å². The fraction of sp³-hybridized carbons (Fsp3) is 0.647. The summed E-state index contributed by atoms with van der Waals surface area (Å²) < 4.78 is 0.0163. The summed E-state index contributed by atoms with van der Waals surface area (Å²) in [5, 5.41) is 43.3. The van der Waals surface area contributed by atoms with Gasteiger partial charge in [0.15, 0.2) is 6.10 Å². The van der Waals surface area contributed by atoms with Crippen LogP contribution in [0.2, 0.25) is 0 Å². The zero-order valence-corrected chi connectivity index (χ0v) is 20.2. The molecule has 0 heterocycles. The Morgan fingerprint density at radius 2 is 1.32 bits per heavy atom. The summed E-state index contributed by atoms with van der Waals surface area (Å²) in [6.45, 7) is 7.91. The van der Waals surface area contributed by atoms with Crippen molar-refractivity contribution in [3.05, 3.63) is 9.52 Å². The molecule has 0 spiro atoms. The summed E-state index contributed by atoms with van der Waals surface area (Å²) in [6, 6.07) is 0.323. The van der Waals surface area contributed by atoms with Crippen LogP contribution in [0.5, 0.6) is 0 Å². The number of carbonyl (C=O) groups is 4. The van der Waals surface area contributed by atoms with E-state index in [0.29, 0.717) is 10.8 Å². The molecule has 1 amide bonds. The minimum absolute atomic E-state index is 0.0160. The minimum atomic E-state index is -2.33. The first-order valence-corrected chi connectivity index (χ1v) is 10.8. The molecule has 0 bridgehead atoms. The lowest BCUT2D eigenvalue weighted by atomic mass is 9.94. The Bertz CT molecular complexity index is 661. The number of amides is 1. The van der Waals surface area contributed by atoms with Gasteiger partial charge in [-0.1, -0.05) is 46.6 Å². The smallest absolute Gasteiger partial charge is 0.335 e. The second-order valence-electron chi connectivity index (χ2n) is 6.63. The second-order valence-corrected chi connectivity index (χ2v) is 8.96. The minimum Gasteiger partial charge on any atom is -0.481 e. The average Bonchev–Trinajstić information content (AvgIpc) is 2.62. The molecule has 180 valence electrons. The summed E-state index contributed by atoms with van der Waals surface area (Å²) in [6.07, 6.45) is -5.47. The second kappa shape index (κ2) is 15.5. The van der Waals surface area contributed by atoms with E-state index in [0.717, 1.165) is 11.8 Å². The number of halogens is 3. The number of hydrogen-bond donors (Lipinski definition) is 5. The number of nitrogens with zero attached hydrogens (tertiary/aromatic N) is 1. The lowest BCUT2D eigenvalue weighted by Gasteiger charge is -2.30. The SMILES string of the molecule is CC(C)N(C(=O)SCC(Cl)=C(Cl)Cl)C(C)C.O=C(O)CC(C(=O)O)C(O)C(O)C(=O)O. The lowest BCUT2D eigenvalue weighted by molar-refractivity contribution is -0.164. The summed E-state index contributed by atoms with van der Waals surface area (Å²) >= 11 is 17.8. The number of rotatable bonds is 10. The molecule has 0 aromatic rings. The molecule has 5 N–H and O–H groups in total. The summed E-state index contributed by atoms with van der Waals surface area (Å²) in [7, 11) is 0. The van der Waals surface area contributed by atoms with Crippen LogP contribution in [0.15, 0.2) is 9.52 Å². The Morgan fingerprint density at radius 3 is 1.61 bits per heavy atom. The number of aliphatic hydroxyl groups excluding tert-OH is 2. The number of thioether (sulfide) groups is 1. The van der Waals surface area contributed by atoms with Crippen LogP contribution in [0, 0.1) is 5.92 Å².